The second kappa shape index (κ2) is 8.90. The largest absolute Gasteiger partial charge is 0.379 e. The number of hydrogen-bond donors (Lipinski definition) is 1. The topological polar surface area (TPSA) is 38.3 Å². The standard InChI is InChI=1S/C19H35NO2/c1-16(2)22-13-7-5-3-4-6-12-20-18(21)15-19-10-8-17(14-19)9-11-19/h16-17H,3-15H2,1-2H3,(H,20,21). The second-order valence-corrected chi connectivity index (χ2v) is 7.86. The molecule has 128 valence electrons. The summed E-state index contributed by atoms with van der Waals surface area (Å²) in [6.07, 6.45) is 13.8. The monoisotopic (exact) mass is 309 g/mol. The molecule has 3 heteroatoms. The van der Waals surface area contributed by atoms with E-state index in [2.05, 4.69) is 19.2 Å². The van der Waals surface area contributed by atoms with E-state index in [0.29, 0.717) is 17.4 Å². The molecule has 0 spiro atoms. The van der Waals surface area contributed by atoms with Crippen molar-refractivity contribution in [3.63, 3.8) is 0 Å². The summed E-state index contributed by atoms with van der Waals surface area (Å²) in [6.45, 7) is 5.91. The van der Waals surface area contributed by atoms with Crippen molar-refractivity contribution in [2.24, 2.45) is 11.3 Å². The molecule has 3 nitrogen and oxygen atoms in total. The van der Waals surface area contributed by atoms with Crippen molar-refractivity contribution in [3.8, 4) is 0 Å². The molecule has 2 saturated carbocycles. The molecule has 1 N–H and O–H groups in total. The predicted molar refractivity (Wildman–Crippen MR) is 90.8 cm³/mol. The van der Waals surface area contributed by atoms with Crippen LogP contribution in [0.1, 0.15) is 84.5 Å². The summed E-state index contributed by atoms with van der Waals surface area (Å²) in [5, 5.41) is 3.14. The number of fused-ring (bicyclic) bond motifs is 2. The first-order valence-electron chi connectivity index (χ1n) is 9.48. The first kappa shape index (κ1) is 17.8. The van der Waals surface area contributed by atoms with E-state index in [1.807, 2.05) is 0 Å². The highest BCUT2D eigenvalue weighted by atomic mass is 16.5. The molecule has 0 saturated heterocycles. The normalized spacial score (nSPS) is 26.8. The lowest BCUT2D eigenvalue weighted by atomic mass is 9.81. The predicted octanol–water partition coefficient (Wildman–Crippen LogP) is 4.45. The molecule has 2 aliphatic rings. The van der Waals surface area contributed by atoms with Crippen LogP contribution in [0.3, 0.4) is 0 Å². The smallest absolute Gasteiger partial charge is 0.220 e. The van der Waals surface area contributed by atoms with Crippen LogP contribution in [-0.2, 0) is 9.53 Å². The Morgan fingerprint density at radius 2 is 1.82 bits per heavy atom. The maximum absolute atomic E-state index is 12.1. The zero-order valence-corrected chi connectivity index (χ0v) is 14.7. The zero-order chi connectivity index (χ0) is 15.8. The van der Waals surface area contributed by atoms with E-state index in [4.69, 9.17) is 4.74 Å². The second-order valence-electron chi connectivity index (χ2n) is 7.86. The lowest BCUT2D eigenvalue weighted by Gasteiger charge is -2.25. The van der Waals surface area contributed by atoms with Crippen LogP contribution in [0.25, 0.3) is 0 Å². The van der Waals surface area contributed by atoms with E-state index < -0.39 is 0 Å². The van der Waals surface area contributed by atoms with Crippen LogP contribution in [-0.4, -0.2) is 25.2 Å². The molecule has 2 aliphatic carbocycles. The summed E-state index contributed by atoms with van der Waals surface area (Å²) in [4.78, 5) is 12.1. The molecule has 2 fully saturated rings. The number of unbranched alkanes of at least 4 members (excludes halogenated alkanes) is 4. The molecule has 22 heavy (non-hydrogen) atoms. The maximum atomic E-state index is 12.1. The molecule has 2 rings (SSSR count). The van der Waals surface area contributed by atoms with E-state index in [0.717, 1.165) is 38.3 Å². The van der Waals surface area contributed by atoms with E-state index in [9.17, 15) is 4.79 Å². The average Bonchev–Trinajstić information content (AvgIpc) is 3.05. The Morgan fingerprint density at radius 3 is 2.45 bits per heavy atom. The van der Waals surface area contributed by atoms with Crippen molar-refractivity contribution >= 4 is 5.91 Å². The van der Waals surface area contributed by atoms with Gasteiger partial charge in [0, 0.05) is 19.6 Å². The highest BCUT2D eigenvalue weighted by molar-refractivity contribution is 5.76. The van der Waals surface area contributed by atoms with Gasteiger partial charge in [0.25, 0.3) is 0 Å². The number of hydrogen-bond acceptors (Lipinski definition) is 2. The molecule has 2 bridgehead atoms. The number of amides is 1. The fourth-order valence-corrected chi connectivity index (χ4v) is 4.27. The zero-order valence-electron chi connectivity index (χ0n) is 14.7. The Balaban J connectivity index is 1.41. The summed E-state index contributed by atoms with van der Waals surface area (Å²) < 4.78 is 5.53. The first-order valence-corrected chi connectivity index (χ1v) is 9.48. The van der Waals surface area contributed by atoms with Crippen molar-refractivity contribution in [1.29, 1.82) is 0 Å². The van der Waals surface area contributed by atoms with Gasteiger partial charge in [-0.3, -0.25) is 4.79 Å². The highest BCUT2D eigenvalue weighted by Gasteiger charge is 2.45. The Kier molecular flexibility index (Phi) is 7.20. The van der Waals surface area contributed by atoms with Gasteiger partial charge < -0.3 is 10.1 Å². The third-order valence-corrected chi connectivity index (χ3v) is 5.52. The summed E-state index contributed by atoms with van der Waals surface area (Å²) in [5.41, 5.74) is 0.394. The number of carbonyl (C=O) groups excluding carboxylic acids is 1. The van der Waals surface area contributed by atoms with Gasteiger partial charge in [0.1, 0.15) is 0 Å². The molecule has 0 aromatic carbocycles. The van der Waals surface area contributed by atoms with Gasteiger partial charge >= 0.3 is 0 Å². The van der Waals surface area contributed by atoms with Crippen molar-refractivity contribution in [1.82, 2.24) is 5.32 Å². The van der Waals surface area contributed by atoms with Gasteiger partial charge in [0.05, 0.1) is 6.10 Å². The van der Waals surface area contributed by atoms with Gasteiger partial charge in [-0.1, -0.05) is 19.3 Å². The van der Waals surface area contributed by atoms with E-state index in [1.165, 1.54) is 51.4 Å². The van der Waals surface area contributed by atoms with Crippen molar-refractivity contribution in [3.05, 3.63) is 0 Å². The lowest BCUT2D eigenvalue weighted by molar-refractivity contribution is -0.123. The SMILES string of the molecule is CC(C)OCCCCCCCNC(=O)CC12CCC(CC1)C2. The van der Waals surface area contributed by atoms with Crippen LogP contribution in [0.15, 0.2) is 0 Å². The van der Waals surface area contributed by atoms with E-state index in [-0.39, 0.29) is 0 Å². The minimum atomic E-state index is 0.299. The van der Waals surface area contributed by atoms with Crippen molar-refractivity contribution in [2.75, 3.05) is 13.2 Å². The lowest BCUT2D eigenvalue weighted by Crippen LogP contribution is -2.30. The highest BCUT2D eigenvalue weighted by Crippen LogP contribution is 2.55. The van der Waals surface area contributed by atoms with E-state index in [1.54, 1.807) is 0 Å². The minimum Gasteiger partial charge on any atom is -0.379 e. The number of carbonyl (C=O) groups is 1. The van der Waals surface area contributed by atoms with Crippen LogP contribution in [0.4, 0.5) is 0 Å². The van der Waals surface area contributed by atoms with Crippen LogP contribution in [0.2, 0.25) is 0 Å². The maximum Gasteiger partial charge on any atom is 0.220 e. The number of rotatable bonds is 11. The molecule has 0 aromatic heterocycles. The Bertz CT molecular complexity index is 332. The average molecular weight is 309 g/mol. The quantitative estimate of drug-likeness (QED) is 0.573. The van der Waals surface area contributed by atoms with Crippen LogP contribution < -0.4 is 5.32 Å². The molecule has 0 atom stereocenters. The Morgan fingerprint density at radius 1 is 1.14 bits per heavy atom. The molecular formula is C19H35NO2. The minimum absolute atomic E-state index is 0.299. The van der Waals surface area contributed by atoms with Crippen molar-refractivity contribution in [2.45, 2.75) is 90.6 Å². The van der Waals surface area contributed by atoms with Crippen LogP contribution in [0, 0.1) is 11.3 Å². The molecule has 1 amide bonds. The third kappa shape index (κ3) is 5.91. The fraction of sp³-hybridized carbons (Fsp3) is 0.947. The van der Waals surface area contributed by atoms with Gasteiger partial charge in [0.2, 0.25) is 5.91 Å². The summed E-state index contributed by atoms with van der Waals surface area (Å²) >= 11 is 0. The summed E-state index contributed by atoms with van der Waals surface area (Å²) in [7, 11) is 0. The molecular weight excluding hydrogens is 274 g/mol. The van der Waals surface area contributed by atoms with Gasteiger partial charge in [-0.05, 0) is 70.1 Å². The molecule has 0 unspecified atom stereocenters. The van der Waals surface area contributed by atoms with Crippen LogP contribution in [0.5, 0.6) is 0 Å². The van der Waals surface area contributed by atoms with Gasteiger partial charge in [-0.15, -0.1) is 0 Å². The third-order valence-electron chi connectivity index (χ3n) is 5.52. The Labute approximate surface area is 136 Å². The molecule has 0 aromatic rings. The van der Waals surface area contributed by atoms with Gasteiger partial charge in [-0.2, -0.15) is 0 Å². The van der Waals surface area contributed by atoms with Gasteiger partial charge in [0.15, 0.2) is 0 Å². The Hall–Kier alpha value is -0.570. The summed E-state index contributed by atoms with van der Waals surface area (Å²) in [6, 6.07) is 0. The molecule has 0 radical (unpaired) electrons. The fourth-order valence-electron chi connectivity index (χ4n) is 4.27. The number of ether oxygens (including phenoxy) is 1. The van der Waals surface area contributed by atoms with Crippen molar-refractivity contribution < 1.29 is 9.53 Å². The van der Waals surface area contributed by atoms with Gasteiger partial charge in [-0.25, -0.2) is 0 Å². The molecule has 0 aliphatic heterocycles. The molecule has 0 heterocycles. The van der Waals surface area contributed by atoms with E-state index >= 15 is 0 Å². The van der Waals surface area contributed by atoms with Crippen LogP contribution >= 0.6 is 0 Å². The first-order chi connectivity index (χ1) is 10.6. The summed E-state index contributed by atoms with van der Waals surface area (Å²) in [5.74, 6) is 1.24. The number of nitrogens with one attached hydrogen (secondary N) is 1.